The normalized spacial score (nSPS) is 18.2. The van der Waals surface area contributed by atoms with Crippen LogP contribution in [0.15, 0.2) is 71.6 Å². The van der Waals surface area contributed by atoms with E-state index in [2.05, 4.69) is 10.6 Å². The number of anilines is 1. The zero-order valence-electron chi connectivity index (χ0n) is 19.9. The van der Waals surface area contributed by atoms with E-state index in [1.54, 1.807) is 24.3 Å². The molecule has 0 radical (unpaired) electrons. The van der Waals surface area contributed by atoms with E-state index >= 15 is 0 Å². The Hall–Kier alpha value is -3.89. The number of rotatable bonds is 6. The molecule has 2 amide bonds. The van der Waals surface area contributed by atoms with Crippen LogP contribution in [0.5, 0.6) is 11.5 Å². The minimum atomic E-state index is -3.76. The molecule has 10 heteroatoms. The van der Waals surface area contributed by atoms with Gasteiger partial charge in [0.1, 0.15) is 0 Å². The Kier molecular flexibility index (Phi) is 5.65. The molecule has 1 saturated carbocycles. The van der Waals surface area contributed by atoms with Crippen molar-refractivity contribution in [3.8, 4) is 22.6 Å². The van der Waals surface area contributed by atoms with E-state index in [4.69, 9.17) is 9.47 Å². The maximum atomic E-state index is 13.3. The van der Waals surface area contributed by atoms with Crippen molar-refractivity contribution in [1.29, 1.82) is 0 Å². The average Bonchev–Trinajstić information content (AvgIpc) is 3.59. The number of carbonyl (C=O) groups is 2. The Bertz CT molecular complexity index is 1500. The van der Waals surface area contributed by atoms with Gasteiger partial charge in [0.2, 0.25) is 28.6 Å². The van der Waals surface area contributed by atoms with Gasteiger partial charge in [-0.3, -0.25) is 9.59 Å². The van der Waals surface area contributed by atoms with Crippen molar-refractivity contribution in [1.82, 2.24) is 9.62 Å². The van der Waals surface area contributed by atoms with Gasteiger partial charge in [-0.2, -0.15) is 4.31 Å². The van der Waals surface area contributed by atoms with Gasteiger partial charge in [0.25, 0.3) is 0 Å². The Labute approximate surface area is 214 Å². The minimum Gasteiger partial charge on any atom is -0.454 e. The second kappa shape index (κ2) is 8.89. The quantitative estimate of drug-likeness (QED) is 0.518. The second-order valence-electron chi connectivity index (χ2n) is 9.40. The van der Waals surface area contributed by atoms with Gasteiger partial charge >= 0.3 is 0 Å². The number of sulfonamides is 1. The molecule has 0 spiro atoms. The van der Waals surface area contributed by atoms with Crippen molar-refractivity contribution in [2.24, 2.45) is 0 Å². The molecular formula is C27H25N3O6S. The highest BCUT2D eigenvalue weighted by Gasteiger charge is 2.51. The monoisotopic (exact) mass is 519 g/mol. The number of nitrogens with zero attached hydrogens (tertiary/aromatic N) is 1. The SMILES string of the molecule is O=C1CN(S(=O)(=O)c2ccc(-c3cccc(NC(=O)C4(c5ccc6c(c5)OCO6)CC4)c3)cc2)CCN1. The van der Waals surface area contributed by atoms with Crippen LogP contribution in [-0.2, 0) is 25.0 Å². The number of amides is 2. The molecule has 0 unspecified atom stereocenters. The summed E-state index contributed by atoms with van der Waals surface area (Å²) >= 11 is 0. The lowest BCUT2D eigenvalue weighted by atomic mass is 9.94. The molecule has 37 heavy (non-hydrogen) atoms. The van der Waals surface area contributed by atoms with Crippen molar-refractivity contribution in [2.75, 3.05) is 31.7 Å². The molecule has 2 N–H and O–H groups in total. The Morgan fingerprint density at radius 1 is 0.946 bits per heavy atom. The first-order valence-corrected chi connectivity index (χ1v) is 13.5. The molecular weight excluding hydrogens is 494 g/mol. The molecule has 1 aliphatic carbocycles. The van der Waals surface area contributed by atoms with E-state index in [-0.39, 0.29) is 36.6 Å². The molecule has 6 rings (SSSR count). The molecule has 2 heterocycles. The Morgan fingerprint density at radius 2 is 1.73 bits per heavy atom. The van der Waals surface area contributed by atoms with Crippen LogP contribution in [0.1, 0.15) is 18.4 Å². The number of ether oxygens (including phenoxy) is 2. The first-order chi connectivity index (χ1) is 17.8. The third-order valence-corrected chi connectivity index (χ3v) is 8.92. The highest BCUT2D eigenvalue weighted by molar-refractivity contribution is 7.89. The summed E-state index contributed by atoms with van der Waals surface area (Å²) < 4.78 is 37.9. The summed E-state index contributed by atoms with van der Waals surface area (Å²) in [6.07, 6.45) is 1.51. The number of fused-ring (bicyclic) bond motifs is 1. The molecule has 2 fully saturated rings. The lowest BCUT2D eigenvalue weighted by Gasteiger charge is -2.25. The summed E-state index contributed by atoms with van der Waals surface area (Å²) in [6, 6.07) is 19.6. The molecule has 0 aromatic heterocycles. The first kappa shape index (κ1) is 23.5. The van der Waals surface area contributed by atoms with E-state index in [1.807, 2.05) is 42.5 Å². The molecule has 3 aromatic carbocycles. The standard InChI is InChI=1S/C27H25N3O6S/c31-25-16-30(13-12-28-25)37(33,34)22-7-4-18(5-8-22)19-2-1-3-21(14-19)29-26(32)27(10-11-27)20-6-9-23-24(15-20)36-17-35-23/h1-9,14-15H,10-13,16-17H2,(H,28,31)(H,29,32). The Balaban J connectivity index is 1.18. The number of piperazine rings is 1. The van der Waals surface area contributed by atoms with Crippen LogP contribution in [0, 0.1) is 0 Å². The van der Waals surface area contributed by atoms with Crippen LogP contribution in [-0.4, -0.2) is 51.0 Å². The molecule has 9 nitrogen and oxygen atoms in total. The van der Waals surface area contributed by atoms with Crippen LogP contribution >= 0.6 is 0 Å². The van der Waals surface area contributed by atoms with Gasteiger partial charge in [-0.15, -0.1) is 0 Å². The van der Waals surface area contributed by atoms with Crippen molar-refractivity contribution in [3.05, 3.63) is 72.3 Å². The summed E-state index contributed by atoms with van der Waals surface area (Å²) in [4.78, 5) is 25.1. The molecule has 2 aliphatic heterocycles. The third-order valence-electron chi connectivity index (χ3n) is 7.06. The zero-order valence-corrected chi connectivity index (χ0v) is 20.7. The van der Waals surface area contributed by atoms with Crippen LogP contribution in [0.4, 0.5) is 5.69 Å². The maximum Gasteiger partial charge on any atom is 0.243 e. The second-order valence-corrected chi connectivity index (χ2v) is 11.3. The maximum absolute atomic E-state index is 13.3. The fourth-order valence-electron chi connectivity index (χ4n) is 4.78. The Morgan fingerprint density at radius 3 is 2.49 bits per heavy atom. The molecule has 1 saturated heterocycles. The van der Waals surface area contributed by atoms with Gasteiger partial charge in [-0.25, -0.2) is 8.42 Å². The predicted octanol–water partition coefficient (Wildman–Crippen LogP) is 2.87. The topological polar surface area (TPSA) is 114 Å². The van der Waals surface area contributed by atoms with Crippen LogP contribution in [0.25, 0.3) is 11.1 Å². The van der Waals surface area contributed by atoms with E-state index < -0.39 is 15.4 Å². The molecule has 3 aromatic rings. The largest absolute Gasteiger partial charge is 0.454 e. The van der Waals surface area contributed by atoms with E-state index in [0.29, 0.717) is 23.7 Å². The molecule has 190 valence electrons. The van der Waals surface area contributed by atoms with Crippen molar-refractivity contribution in [3.63, 3.8) is 0 Å². The van der Waals surface area contributed by atoms with Gasteiger partial charge in [0, 0.05) is 18.8 Å². The van der Waals surface area contributed by atoms with Crippen LogP contribution in [0.3, 0.4) is 0 Å². The molecule has 0 atom stereocenters. The van der Waals surface area contributed by atoms with E-state index in [1.165, 1.54) is 4.31 Å². The van der Waals surface area contributed by atoms with Gasteiger partial charge in [-0.1, -0.05) is 30.3 Å². The first-order valence-electron chi connectivity index (χ1n) is 12.0. The summed E-state index contributed by atoms with van der Waals surface area (Å²) in [5.74, 6) is 0.966. The predicted molar refractivity (Wildman–Crippen MR) is 136 cm³/mol. The van der Waals surface area contributed by atoms with E-state index in [0.717, 1.165) is 29.5 Å². The fourth-order valence-corrected chi connectivity index (χ4v) is 6.18. The molecule has 0 bridgehead atoms. The van der Waals surface area contributed by atoms with Gasteiger partial charge in [0.05, 0.1) is 16.9 Å². The van der Waals surface area contributed by atoms with Crippen molar-refractivity contribution >= 4 is 27.5 Å². The summed E-state index contributed by atoms with van der Waals surface area (Å²) in [6.45, 7) is 0.544. The van der Waals surface area contributed by atoms with E-state index in [9.17, 15) is 18.0 Å². The van der Waals surface area contributed by atoms with Crippen molar-refractivity contribution in [2.45, 2.75) is 23.2 Å². The fraction of sp³-hybridized carbons (Fsp3) is 0.259. The van der Waals surface area contributed by atoms with Crippen LogP contribution < -0.4 is 20.1 Å². The van der Waals surface area contributed by atoms with Gasteiger partial charge in [0.15, 0.2) is 11.5 Å². The van der Waals surface area contributed by atoms with Gasteiger partial charge in [-0.05, 0) is 65.9 Å². The highest BCUT2D eigenvalue weighted by Crippen LogP contribution is 2.51. The minimum absolute atomic E-state index is 0.0736. The summed E-state index contributed by atoms with van der Waals surface area (Å²) in [5, 5.41) is 5.68. The summed E-state index contributed by atoms with van der Waals surface area (Å²) in [5.41, 5.74) is 2.63. The number of nitrogens with one attached hydrogen (secondary N) is 2. The number of hydrogen-bond acceptors (Lipinski definition) is 6. The lowest BCUT2D eigenvalue weighted by molar-refractivity contribution is -0.122. The zero-order chi connectivity index (χ0) is 25.6. The van der Waals surface area contributed by atoms with Crippen LogP contribution in [0.2, 0.25) is 0 Å². The number of benzene rings is 3. The number of carbonyl (C=O) groups excluding carboxylic acids is 2. The summed E-state index contributed by atoms with van der Waals surface area (Å²) in [7, 11) is -3.76. The smallest absolute Gasteiger partial charge is 0.243 e. The van der Waals surface area contributed by atoms with Crippen molar-refractivity contribution < 1.29 is 27.5 Å². The number of hydrogen-bond donors (Lipinski definition) is 2. The van der Waals surface area contributed by atoms with Gasteiger partial charge < -0.3 is 20.1 Å². The third kappa shape index (κ3) is 4.32. The lowest BCUT2D eigenvalue weighted by Crippen LogP contribution is -2.49. The molecule has 3 aliphatic rings. The average molecular weight is 520 g/mol. The highest BCUT2D eigenvalue weighted by atomic mass is 32.2.